The topological polar surface area (TPSA) is 3.24 Å². The van der Waals surface area contributed by atoms with Gasteiger partial charge in [0.05, 0.1) is 0 Å². The van der Waals surface area contributed by atoms with Gasteiger partial charge in [0.1, 0.15) is 0 Å². The van der Waals surface area contributed by atoms with Crippen molar-refractivity contribution in [1.82, 2.24) is 3.12 Å². The number of halogens is 1. The van der Waals surface area contributed by atoms with Crippen LogP contribution in [0.4, 0.5) is 0 Å². The molecule has 0 aliphatic rings. The maximum atomic E-state index is 3.39. The minimum absolute atomic E-state index is 0.0748. The molecule has 0 saturated carbocycles. The van der Waals surface area contributed by atoms with Crippen LogP contribution in [0.25, 0.3) is 0 Å². The van der Waals surface area contributed by atoms with Crippen molar-refractivity contribution in [1.29, 1.82) is 0 Å². The molecule has 0 unspecified atom stereocenters. The van der Waals surface area contributed by atoms with E-state index in [0.717, 1.165) is 0 Å². The number of nitrogens with zero attached hydrogens (tertiary/aromatic N) is 1. The zero-order valence-electron chi connectivity index (χ0n) is 6.13. The molecule has 0 heterocycles. The van der Waals surface area contributed by atoms with Gasteiger partial charge in [-0.25, -0.2) is 0 Å². The van der Waals surface area contributed by atoms with Crippen LogP contribution in [-0.4, -0.2) is 28.1 Å². The van der Waals surface area contributed by atoms with Crippen molar-refractivity contribution in [3.8, 4) is 0 Å². The molecule has 0 aliphatic heterocycles. The molecule has 0 saturated heterocycles. The highest BCUT2D eigenvalue weighted by Crippen LogP contribution is 2.45. The number of rotatable bonds is 3. The monoisotopic (exact) mass is 251 g/mol. The van der Waals surface area contributed by atoms with Gasteiger partial charge in [0, 0.05) is 25.2 Å². The Balaban J connectivity index is 3.68. The van der Waals surface area contributed by atoms with Crippen LogP contribution in [0.5, 0.6) is 0 Å². The van der Waals surface area contributed by atoms with Gasteiger partial charge in [-0.05, 0) is 25.0 Å². The van der Waals surface area contributed by atoms with Gasteiger partial charge in [0.2, 0.25) is 0 Å². The van der Waals surface area contributed by atoms with Crippen LogP contribution in [0.3, 0.4) is 0 Å². The SMILES string of the molecule is C[SH](C)N(SBr)[SH](C)C. The Kier molecular flexibility index (Phi) is 6.04. The summed E-state index contributed by atoms with van der Waals surface area (Å²) in [5, 5.41) is 0. The first-order valence-corrected chi connectivity index (χ1v) is 9.52. The third-order valence-electron chi connectivity index (χ3n) is 0.746. The minimum Gasteiger partial charge on any atom is -0.184 e. The van der Waals surface area contributed by atoms with Gasteiger partial charge in [-0.1, -0.05) is 0 Å². The molecule has 0 atom stereocenters. The number of hydrogen-bond donors (Lipinski definition) is 2. The maximum Gasteiger partial charge on any atom is 0.0205 e. The lowest BCUT2D eigenvalue weighted by atomic mass is 11.9. The van der Waals surface area contributed by atoms with E-state index in [1.165, 1.54) is 0 Å². The zero-order chi connectivity index (χ0) is 7.44. The van der Waals surface area contributed by atoms with Gasteiger partial charge in [-0.2, -0.15) is 25.3 Å². The molecule has 0 aromatic heterocycles. The van der Waals surface area contributed by atoms with Gasteiger partial charge in [-0.3, -0.25) is 0 Å². The Hall–Kier alpha value is 1.49. The number of thiol groups is 2. The van der Waals surface area contributed by atoms with E-state index in [9.17, 15) is 0 Å². The molecule has 0 rings (SSSR count). The Morgan fingerprint density at radius 1 is 1.11 bits per heavy atom. The summed E-state index contributed by atoms with van der Waals surface area (Å²) >= 11 is 3.54. The molecule has 0 N–H and O–H groups in total. The minimum atomic E-state index is 0.0748. The van der Waals surface area contributed by atoms with E-state index < -0.39 is 0 Å². The zero-order valence-corrected chi connectivity index (χ0v) is 10.3. The molecule has 9 heavy (non-hydrogen) atoms. The summed E-state index contributed by atoms with van der Waals surface area (Å²) in [7, 11) is 1.69. The fourth-order valence-corrected chi connectivity index (χ4v) is 8.99. The molecule has 0 amide bonds. The second-order valence-corrected chi connectivity index (χ2v) is 8.43. The van der Waals surface area contributed by atoms with Crippen molar-refractivity contribution < 1.29 is 0 Å². The Bertz CT molecular complexity index is 70.2. The molecule has 1 nitrogen and oxygen atoms in total. The van der Waals surface area contributed by atoms with E-state index in [0.29, 0.717) is 0 Å². The molecule has 0 aromatic rings. The van der Waals surface area contributed by atoms with Gasteiger partial charge in [0.15, 0.2) is 0 Å². The molecular weight excluding hydrogens is 238 g/mol. The molecule has 0 bridgehead atoms. The van der Waals surface area contributed by atoms with Crippen molar-refractivity contribution in [3.63, 3.8) is 0 Å². The number of hydrogen-bond acceptors (Lipinski definition) is 2. The molecule has 0 spiro atoms. The van der Waals surface area contributed by atoms with Gasteiger partial charge < -0.3 is 0 Å². The first-order chi connectivity index (χ1) is 4.09. The maximum absolute atomic E-state index is 3.39. The van der Waals surface area contributed by atoms with Crippen LogP contribution in [0.1, 0.15) is 0 Å². The molecule has 0 fully saturated rings. The Labute approximate surface area is 75.2 Å². The predicted molar refractivity (Wildman–Crippen MR) is 60.0 cm³/mol. The first kappa shape index (κ1) is 10.5. The summed E-state index contributed by atoms with van der Waals surface area (Å²) in [6.45, 7) is 0. The standard InChI is InChI=1S/C4H14BrNS3/c1-8(2)6(7-5)9(3)4/h8-9H,1-4H3. The normalized spacial score (nSPS) is 14.0. The van der Waals surface area contributed by atoms with Crippen LogP contribution in [0.2, 0.25) is 0 Å². The summed E-state index contributed by atoms with van der Waals surface area (Å²) in [5.41, 5.74) is 0. The molecule has 5 heteroatoms. The van der Waals surface area contributed by atoms with E-state index >= 15 is 0 Å². The average molecular weight is 252 g/mol. The van der Waals surface area contributed by atoms with Crippen LogP contribution in [-0.2, 0) is 0 Å². The highest BCUT2D eigenvalue weighted by molar-refractivity contribution is 9.50. The average Bonchev–Trinajstić information content (AvgIpc) is 1.64. The van der Waals surface area contributed by atoms with E-state index in [4.69, 9.17) is 0 Å². The predicted octanol–water partition coefficient (Wildman–Crippen LogP) is 2.60. The molecule has 60 valence electrons. The second-order valence-electron chi connectivity index (χ2n) is 2.02. The lowest BCUT2D eigenvalue weighted by Gasteiger charge is -2.30. The lowest BCUT2D eigenvalue weighted by Crippen LogP contribution is -2.02. The van der Waals surface area contributed by atoms with E-state index in [1.54, 1.807) is 10.4 Å². The molecule has 0 radical (unpaired) electrons. The fourth-order valence-electron chi connectivity index (χ4n) is 0.481. The molecule has 0 aromatic carbocycles. The summed E-state index contributed by atoms with van der Waals surface area (Å²) in [6, 6.07) is 0. The van der Waals surface area contributed by atoms with Crippen LogP contribution in [0.15, 0.2) is 0 Å². The fraction of sp³-hybridized carbons (Fsp3) is 1.00. The highest BCUT2D eigenvalue weighted by Gasteiger charge is 2.06. The van der Waals surface area contributed by atoms with E-state index in [2.05, 4.69) is 43.0 Å². The quantitative estimate of drug-likeness (QED) is 0.587. The Morgan fingerprint density at radius 2 is 1.44 bits per heavy atom. The summed E-state index contributed by atoms with van der Waals surface area (Å²) in [5.74, 6) is 0. The smallest absolute Gasteiger partial charge is 0.0205 e. The Morgan fingerprint density at radius 3 is 1.44 bits per heavy atom. The summed E-state index contributed by atoms with van der Waals surface area (Å²) in [6.07, 6.45) is 9.08. The van der Waals surface area contributed by atoms with Crippen LogP contribution in [0, 0.1) is 0 Å². The van der Waals surface area contributed by atoms with Crippen LogP contribution >= 0.6 is 47.4 Å². The van der Waals surface area contributed by atoms with Gasteiger partial charge >= 0.3 is 0 Å². The van der Waals surface area contributed by atoms with E-state index in [-0.39, 0.29) is 22.2 Å². The summed E-state index contributed by atoms with van der Waals surface area (Å²) in [4.78, 5) is 0. The van der Waals surface area contributed by atoms with E-state index in [1.807, 2.05) is 0 Å². The van der Waals surface area contributed by atoms with Crippen molar-refractivity contribution in [2.75, 3.05) is 25.0 Å². The molecular formula is C4H14BrNS3. The second kappa shape index (κ2) is 5.18. The molecule has 0 aliphatic carbocycles. The largest absolute Gasteiger partial charge is 0.184 e. The van der Waals surface area contributed by atoms with Crippen molar-refractivity contribution in [3.05, 3.63) is 0 Å². The third-order valence-corrected chi connectivity index (χ3v) is 9.05. The van der Waals surface area contributed by atoms with Crippen molar-refractivity contribution >= 4 is 47.4 Å². The van der Waals surface area contributed by atoms with Gasteiger partial charge in [-0.15, -0.1) is 0 Å². The van der Waals surface area contributed by atoms with Crippen LogP contribution < -0.4 is 0 Å². The summed E-state index contributed by atoms with van der Waals surface area (Å²) < 4.78 is 2.42. The van der Waals surface area contributed by atoms with Crippen molar-refractivity contribution in [2.24, 2.45) is 0 Å². The van der Waals surface area contributed by atoms with Crippen molar-refractivity contribution in [2.45, 2.75) is 0 Å². The first-order valence-electron chi connectivity index (χ1n) is 2.53. The van der Waals surface area contributed by atoms with Gasteiger partial charge in [0.25, 0.3) is 0 Å². The lowest BCUT2D eigenvalue weighted by molar-refractivity contribution is 1.28. The third kappa shape index (κ3) is 4.03. The highest BCUT2D eigenvalue weighted by atomic mass is 79.9.